The van der Waals surface area contributed by atoms with Gasteiger partial charge < -0.3 is 4.90 Å². The molecule has 0 aliphatic rings. The Morgan fingerprint density at radius 3 is 2.50 bits per heavy atom. The average Bonchev–Trinajstić information content (AvgIpc) is 2.16. The van der Waals surface area contributed by atoms with E-state index in [1.165, 1.54) is 5.56 Å². The van der Waals surface area contributed by atoms with Gasteiger partial charge in [0.05, 0.1) is 0 Å². The zero-order chi connectivity index (χ0) is 8.81. The molecule has 0 atom stereocenters. The molecule has 0 spiro atoms. The van der Waals surface area contributed by atoms with Crippen LogP contribution in [0.15, 0.2) is 30.3 Å². The summed E-state index contributed by atoms with van der Waals surface area (Å²) in [5.74, 6) is 0. The highest BCUT2D eigenvalue weighted by atomic mass is 15.1. The summed E-state index contributed by atoms with van der Waals surface area (Å²) in [5.41, 5.74) is 1.22. The Hall–Kier alpha value is -1.31. The first-order chi connectivity index (χ1) is 5.86. The van der Waals surface area contributed by atoms with Crippen molar-refractivity contribution in [2.45, 2.75) is 13.5 Å². The minimum atomic E-state index is 0.779. The van der Waals surface area contributed by atoms with E-state index in [9.17, 15) is 0 Å². The van der Waals surface area contributed by atoms with Crippen LogP contribution in [0.25, 0.3) is 0 Å². The van der Waals surface area contributed by atoms with Crippen LogP contribution in [0.5, 0.6) is 0 Å². The highest BCUT2D eigenvalue weighted by molar-refractivity contribution is 5.50. The molecule has 0 amide bonds. The molecule has 1 radical (unpaired) electrons. The predicted molar refractivity (Wildman–Crippen MR) is 50.3 cm³/mol. The maximum atomic E-state index is 6.99. The summed E-state index contributed by atoms with van der Waals surface area (Å²) in [7, 11) is 0. The monoisotopic (exact) mass is 161 g/mol. The second-order valence-electron chi connectivity index (χ2n) is 2.61. The molecule has 0 fully saturated rings. The van der Waals surface area contributed by atoms with Crippen LogP contribution in [-0.4, -0.2) is 17.8 Å². The van der Waals surface area contributed by atoms with Crippen LogP contribution in [0.4, 0.5) is 0 Å². The van der Waals surface area contributed by atoms with E-state index in [4.69, 9.17) is 5.41 Å². The smallest absolute Gasteiger partial charge is 0.164 e. The molecule has 2 nitrogen and oxygen atoms in total. The average molecular weight is 161 g/mol. The summed E-state index contributed by atoms with van der Waals surface area (Å²) >= 11 is 0. The zero-order valence-corrected chi connectivity index (χ0v) is 7.25. The molecular formula is C10H13N2. The van der Waals surface area contributed by atoms with Crippen LogP contribution in [0, 0.1) is 5.41 Å². The van der Waals surface area contributed by atoms with E-state index in [0.29, 0.717) is 0 Å². The van der Waals surface area contributed by atoms with E-state index in [1.807, 2.05) is 30.0 Å². The van der Waals surface area contributed by atoms with Crippen molar-refractivity contribution in [1.82, 2.24) is 4.90 Å². The fourth-order valence-electron chi connectivity index (χ4n) is 1.03. The van der Waals surface area contributed by atoms with Gasteiger partial charge in [-0.05, 0) is 12.5 Å². The molecule has 0 heterocycles. The van der Waals surface area contributed by atoms with Gasteiger partial charge in [0.1, 0.15) is 0 Å². The third-order valence-electron chi connectivity index (χ3n) is 1.76. The van der Waals surface area contributed by atoms with Crippen molar-refractivity contribution in [3.63, 3.8) is 0 Å². The summed E-state index contributed by atoms with van der Waals surface area (Å²) in [6.45, 7) is 3.63. The fraction of sp³-hybridized carbons (Fsp3) is 0.300. The minimum Gasteiger partial charge on any atom is -0.350 e. The van der Waals surface area contributed by atoms with Gasteiger partial charge in [-0.15, -0.1) is 0 Å². The topological polar surface area (TPSA) is 27.1 Å². The van der Waals surface area contributed by atoms with Gasteiger partial charge in [-0.2, -0.15) is 0 Å². The van der Waals surface area contributed by atoms with Crippen LogP contribution >= 0.6 is 0 Å². The Morgan fingerprint density at radius 2 is 2.00 bits per heavy atom. The number of hydrogen-bond acceptors (Lipinski definition) is 1. The Bertz CT molecular complexity index is 231. The van der Waals surface area contributed by atoms with Gasteiger partial charge in [-0.1, -0.05) is 30.3 Å². The van der Waals surface area contributed by atoms with Gasteiger partial charge in [0, 0.05) is 13.1 Å². The molecule has 12 heavy (non-hydrogen) atoms. The lowest BCUT2D eigenvalue weighted by molar-refractivity contribution is 0.446. The molecule has 0 aliphatic carbocycles. The van der Waals surface area contributed by atoms with Crippen molar-refractivity contribution in [1.29, 1.82) is 5.41 Å². The molecule has 0 unspecified atom stereocenters. The molecule has 1 aromatic rings. The lowest BCUT2D eigenvalue weighted by Crippen LogP contribution is -2.19. The lowest BCUT2D eigenvalue weighted by atomic mass is 10.2. The first kappa shape index (κ1) is 8.78. The van der Waals surface area contributed by atoms with E-state index in [2.05, 4.69) is 18.5 Å². The molecule has 0 aromatic heterocycles. The summed E-state index contributed by atoms with van der Waals surface area (Å²) in [4.78, 5) is 1.83. The Kier molecular flexibility index (Phi) is 3.33. The van der Waals surface area contributed by atoms with Gasteiger partial charge in [0.15, 0.2) is 6.34 Å². The number of rotatable bonds is 4. The van der Waals surface area contributed by atoms with E-state index in [1.54, 1.807) is 0 Å². The molecular weight excluding hydrogens is 148 g/mol. The molecule has 1 N–H and O–H groups in total. The second kappa shape index (κ2) is 4.54. The standard InChI is InChI=1S/C10H13N2/c1-2-12(9-11)8-10-6-4-3-5-7-10/h3-7,11H,2,8H2,1H3. The van der Waals surface area contributed by atoms with Crippen LogP contribution < -0.4 is 0 Å². The summed E-state index contributed by atoms with van der Waals surface area (Å²) in [5, 5.41) is 6.99. The Morgan fingerprint density at radius 1 is 1.33 bits per heavy atom. The van der Waals surface area contributed by atoms with E-state index in [-0.39, 0.29) is 0 Å². The molecule has 0 saturated carbocycles. The maximum Gasteiger partial charge on any atom is 0.164 e. The number of nitrogens with zero attached hydrogens (tertiary/aromatic N) is 1. The molecule has 63 valence electrons. The largest absolute Gasteiger partial charge is 0.350 e. The summed E-state index contributed by atoms with van der Waals surface area (Å²) < 4.78 is 0. The van der Waals surface area contributed by atoms with Gasteiger partial charge in [0.25, 0.3) is 0 Å². The van der Waals surface area contributed by atoms with Crippen molar-refractivity contribution in [3.05, 3.63) is 35.9 Å². The van der Waals surface area contributed by atoms with Crippen LogP contribution in [-0.2, 0) is 6.54 Å². The van der Waals surface area contributed by atoms with Crippen molar-refractivity contribution >= 4 is 6.34 Å². The van der Waals surface area contributed by atoms with Crippen molar-refractivity contribution in [2.75, 3.05) is 6.54 Å². The predicted octanol–water partition coefficient (Wildman–Crippen LogP) is 1.99. The van der Waals surface area contributed by atoms with Gasteiger partial charge in [-0.25, -0.2) is 0 Å². The molecule has 0 bridgehead atoms. The van der Waals surface area contributed by atoms with Crippen LogP contribution in [0.3, 0.4) is 0 Å². The summed E-state index contributed by atoms with van der Waals surface area (Å²) in [6, 6.07) is 10.1. The van der Waals surface area contributed by atoms with Gasteiger partial charge in [0.2, 0.25) is 0 Å². The normalized spacial score (nSPS) is 9.42. The second-order valence-corrected chi connectivity index (χ2v) is 2.61. The van der Waals surface area contributed by atoms with E-state index < -0.39 is 0 Å². The molecule has 1 rings (SSSR count). The molecule has 0 saturated heterocycles. The summed E-state index contributed by atoms with van der Waals surface area (Å²) in [6.07, 6.45) is 2.38. The third kappa shape index (κ3) is 2.38. The Balaban J connectivity index is 2.56. The quantitative estimate of drug-likeness (QED) is 0.408. The third-order valence-corrected chi connectivity index (χ3v) is 1.76. The zero-order valence-electron chi connectivity index (χ0n) is 7.25. The minimum absolute atomic E-state index is 0.779. The molecule has 2 heteroatoms. The SMILES string of the molecule is CCN([C]=N)Cc1ccccc1. The lowest BCUT2D eigenvalue weighted by Gasteiger charge is -2.14. The highest BCUT2D eigenvalue weighted by Gasteiger charge is 1.97. The highest BCUT2D eigenvalue weighted by Crippen LogP contribution is 2.01. The Labute approximate surface area is 73.3 Å². The number of nitrogens with one attached hydrogen (secondary N) is 1. The van der Waals surface area contributed by atoms with Crippen LogP contribution in [0.2, 0.25) is 0 Å². The molecule has 1 aromatic carbocycles. The van der Waals surface area contributed by atoms with E-state index in [0.717, 1.165) is 13.1 Å². The fourth-order valence-corrected chi connectivity index (χ4v) is 1.03. The number of benzene rings is 1. The first-order valence-corrected chi connectivity index (χ1v) is 4.08. The van der Waals surface area contributed by atoms with Gasteiger partial charge >= 0.3 is 0 Å². The van der Waals surface area contributed by atoms with Crippen molar-refractivity contribution < 1.29 is 0 Å². The van der Waals surface area contributed by atoms with Crippen LogP contribution in [0.1, 0.15) is 12.5 Å². The maximum absolute atomic E-state index is 6.99. The van der Waals surface area contributed by atoms with Crippen molar-refractivity contribution in [3.8, 4) is 0 Å². The number of hydrogen-bond donors (Lipinski definition) is 1. The van der Waals surface area contributed by atoms with Crippen molar-refractivity contribution in [2.24, 2.45) is 0 Å². The first-order valence-electron chi connectivity index (χ1n) is 4.08. The van der Waals surface area contributed by atoms with Gasteiger partial charge in [-0.3, -0.25) is 5.41 Å². The van der Waals surface area contributed by atoms with E-state index >= 15 is 0 Å². The molecule has 0 aliphatic heterocycles.